The molecule has 15 heavy (non-hydrogen) atoms. The second-order valence-corrected chi connectivity index (χ2v) is 5.35. The Bertz CT molecular complexity index is 420. The number of ether oxygens (including phenoxy) is 1. The summed E-state index contributed by atoms with van der Waals surface area (Å²) in [5.74, 6) is 0.891. The average Bonchev–Trinajstić information content (AvgIpc) is 2.29. The molecule has 0 saturated carbocycles. The first kappa shape index (κ1) is 12.9. The van der Waals surface area contributed by atoms with Crippen molar-refractivity contribution < 1.29 is 4.74 Å². The molecule has 0 N–H and O–H groups in total. The lowest BCUT2D eigenvalue weighted by atomic mass is 10.1. The van der Waals surface area contributed by atoms with E-state index in [1.807, 2.05) is 36.4 Å². The van der Waals surface area contributed by atoms with Gasteiger partial charge in [-0.05, 0) is 29.0 Å². The van der Waals surface area contributed by atoms with E-state index in [-0.39, 0.29) is 0 Å². The number of hydrogen-bond acceptors (Lipinski definition) is 1. The van der Waals surface area contributed by atoms with Crippen LogP contribution in [0, 0.1) is 6.07 Å². The Kier molecular flexibility index (Phi) is 6.18. The van der Waals surface area contributed by atoms with Crippen LogP contribution >= 0.6 is 18.1 Å². The number of benzene rings is 2. The summed E-state index contributed by atoms with van der Waals surface area (Å²) in [6.07, 6.45) is 0. The molecule has 0 aliphatic carbocycles. The van der Waals surface area contributed by atoms with Gasteiger partial charge in [-0.1, -0.05) is 24.3 Å². The molecule has 0 bridgehead atoms. The SMILES string of the molecule is COc1ccc2[c]cccc2c1.[Cl][Mg][Cl]. The summed E-state index contributed by atoms with van der Waals surface area (Å²) in [6.45, 7) is 0. The Morgan fingerprint density at radius 2 is 2.00 bits per heavy atom. The lowest BCUT2D eigenvalue weighted by molar-refractivity contribution is 0.415. The summed E-state index contributed by atoms with van der Waals surface area (Å²) < 4.78 is 5.11. The maximum absolute atomic E-state index is 5.11. The summed E-state index contributed by atoms with van der Waals surface area (Å²) in [6, 6.07) is 15.0. The average molecular weight is 252 g/mol. The zero-order chi connectivity index (χ0) is 11.1. The third-order valence-electron chi connectivity index (χ3n) is 1.87. The summed E-state index contributed by atoms with van der Waals surface area (Å²) in [4.78, 5) is 0. The molecule has 0 saturated heterocycles. The molecule has 0 unspecified atom stereocenters. The van der Waals surface area contributed by atoms with Crippen molar-refractivity contribution in [2.24, 2.45) is 0 Å². The van der Waals surface area contributed by atoms with Crippen LogP contribution in [-0.2, 0) is 0 Å². The number of rotatable bonds is 1. The molecule has 0 amide bonds. The van der Waals surface area contributed by atoms with Crippen LogP contribution in [0.3, 0.4) is 0 Å². The van der Waals surface area contributed by atoms with Crippen molar-refractivity contribution in [3.05, 3.63) is 42.5 Å². The molecule has 4 heteroatoms. The van der Waals surface area contributed by atoms with Crippen molar-refractivity contribution in [3.8, 4) is 5.75 Å². The molecule has 75 valence electrons. The highest BCUT2D eigenvalue weighted by molar-refractivity contribution is 7.22. The fourth-order valence-corrected chi connectivity index (χ4v) is 1.23. The molecule has 0 aromatic heterocycles. The maximum Gasteiger partial charge on any atom is 0.618 e. The lowest BCUT2D eigenvalue weighted by Crippen LogP contribution is -1.81. The molecule has 2 aromatic carbocycles. The van der Waals surface area contributed by atoms with Crippen LogP contribution in [0.1, 0.15) is 0 Å². The highest BCUT2D eigenvalue weighted by Gasteiger charge is 1.93. The third kappa shape index (κ3) is 4.07. The van der Waals surface area contributed by atoms with E-state index < -0.39 is 18.2 Å². The fourth-order valence-electron chi connectivity index (χ4n) is 1.23. The first-order valence-corrected chi connectivity index (χ1v) is 8.66. The molecule has 2 aromatic rings. The van der Waals surface area contributed by atoms with Gasteiger partial charge in [0.05, 0.1) is 7.11 Å². The van der Waals surface area contributed by atoms with E-state index in [4.69, 9.17) is 22.9 Å². The predicted molar refractivity (Wildman–Crippen MR) is 66.8 cm³/mol. The molecule has 2 rings (SSSR count). The van der Waals surface area contributed by atoms with Crippen molar-refractivity contribution in [2.75, 3.05) is 7.11 Å². The van der Waals surface area contributed by atoms with Crippen LogP contribution in [0.5, 0.6) is 5.75 Å². The van der Waals surface area contributed by atoms with Crippen molar-refractivity contribution in [1.29, 1.82) is 0 Å². The third-order valence-corrected chi connectivity index (χ3v) is 1.87. The van der Waals surface area contributed by atoms with Gasteiger partial charge in [-0.3, -0.25) is 0 Å². The van der Waals surface area contributed by atoms with E-state index in [1.54, 1.807) is 7.11 Å². The first-order chi connectivity index (χ1) is 7.31. The molecular formula is C11H9Cl2MgO. The maximum atomic E-state index is 5.11. The Balaban J connectivity index is 0.000000337. The minimum absolute atomic E-state index is 0.639. The van der Waals surface area contributed by atoms with Gasteiger partial charge in [0.1, 0.15) is 5.75 Å². The van der Waals surface area contributed by atoms with E-state index in [0.29, 0.717) is 0 Å². The van der Waals surface area contributed by atoms with Gasteiger partial charge in [-0.2, -0.15) is 0 Å². The predicted octanol–water partition coefficient (Wildman–Crippen LogP) is 3.65. The molecule has 1 radical (unpaired) electrons. The van der Waals surface area contributed by atoms with Crippen LogP contribution < -0.4 is 4.74 Å². The standard InChI is InChI=1S/C11H9O.2ClH.Mg/c1-12-11-7-6-9-4-2-3-5-10(9)8-11;;;/h2-3,5-8H,1H3;2*1H;/q;;;+2/p-2. The van der Waals surface area contributed by atoms with Crippen LogP contribution in [0.4, 0.5) is 0 Å². The van der Waals surface area contributed by atoms with Gasteiger partial charge in [0.2, 0.25) is 0 Å². The Morgan fingerprint density at radius 3 is 2.67 bits per heavy atom. The van der Waals surface area contributed by atoms with Crippen molar-refractivity contribution in [2.45, 2.75) is 0 Å². The molecule has 1 nitrogen and oxygen atoms in total. The minimum atomic E-state index is -0.639. The molecule has 0 heterocycles. The first-order valence-electron chi connectivity index (χ1n) is 4.38. The van der Waals surface area contributed by atoms with Crippen LogP contribution in [0.2, 0.25) is 0 Å². The van der Waals surface area contributed by atoms with E-state index in [9.17, 15) is 0 Å². The van der Waals surface area contributed by atoms with Crippen molar-refractivity contribution in [1.82, 2.24) is 0 Å². The number of methoxy groups -OCH3 is 1. The van der Waals surface area contributed by atoms with Gasteiger partial charge in [0, 0.05) is 0 Å². The fraction of sp³-hybridized carbons (Fsp3) is 0.0909. The van der Waals surface area contributed by atoms with Crippen LogP contribution in [-0.4, -0.2) is 25.3 Å². The summed E-state index contributed by atoms with van der Waals surface area (Å²) >= 11 is -0.639. The lowest BCUT2D eigenvalue weighted by Gasteiger charge is -2.00. The molecule has 0 aliphatic heterocycles. The Labute approximate surface area is 107 Å². The van der Waals surface area contributed by atoms with E-state index in [1.165, 1.54) is 0 Å². The summed E-state index contributed by atoms with van der Waals surface area (Å²) in [5, 5.41) is 2.29. The van der Waals surface area contributed by atoms with Gasteiger partial charge in [0.15, 0.2) is 0 Å². The Morgan fingerprint density at radius 1 is 1.27 bits per heavy atom. The zero-order valence-electron chi connectivity index (χ0n) is 8.34. The van der Waals surface area contributed by atoms with Gasteiger partial charge < -0.3 is 22.9 Å². The molecular weight excluding hydrogens is 243 g/mol. The van der Waals surface area contributed by atoms with Gasteiger partial charge >= 0.3 is 18.2 Å². The number of halogens is 2. The number of hydrogen-bond donors (Lipinski definition) is 0. The second kappa shape index (κ2) is 7.17. The highest BCUT2D eigenvalue weighted by Crippen LogP contribution is 2.19. The normalized spacial score (nSPS) is 8.73. The quantitative estimate of drug-likeness (QED) is 0.704. The van der Waals surface area contributed by atoms with Gasteiger partial charge in [0.25, 0.3) is 0 Å². The molecule has 0 fully saturated rings. The van der Waals surface area contributed by atoms with E-state index in [2.05, 4.69) is 6.07 Å². The van der Waals surface area contributed by atoms with E-state index >= 15 is 0 Å². The summed E-state index contributed by atoms with van der Waals surface area (Å²) in [5.41, 5.74) is 0. The molecule has 0 spiro atoms. The highest BCUT2D eigenvalue weighted by atomic mass is 35.6. The smallest absolute Gasteiger partial charge is 0.497 e. The van der Waals surface area contributed by atoms with Crippen LogP contribution in [0.15, 0.2) is 36.4 Å². The van der Waals surface area contributed by atoms with Crippen LogP contribution in [0.25, 0.3) is 10.8 Å². The number of fused-ring (bicyclic) bond motifs is 1. The largest absolute Gasteiger partial charge is 0.618 e. The van der Waals surface area contributed by atoms with Gasteiger partial charge in [-0.15, -0.1) is 0 Å². The zero-order valence-corrected chi connectivity index (χ0v) is 11.3. The minimum Gasteiger partial charge on any atom is -0.497 e. The van der Waals surface area contributed by atoms with Gasteiger partial charge in [-0.25, -0.2) is 0 Å². The second-order valence-electron chi connectivity index (χ2n) is 2.72. The van der Waals surface area contributed by atoms with Crippen molar-refractivity contribution in [3.63, 3.8) is 0 Å². The molecule has 0 aliphatic rings. The van der Waals surface area contributed by atoms with E-state index in [0.717, 1.165) is 16.5 Å². The monoisotopic (exact) mass is 251 g/mol. The van der Waals surface area contributed by atoms with Crippen molar-refractivity contribution >= 4 is 47.1 Å². The molecule has 0 atom stereocenters. The Hall–Kier alpha value is -0.154. The summed E-state index contributed by atoms with van der Waals surface area (Å²) in [7, 11) is 11.5. The topological polar surface area (TPSA) is 9.23 Å².